The van der Waals surface area contributed by atoms with Gasteiger partial charge in [0.2, 0.25) is 17.7 Å². The second-order valence-electron chi connectivity index (χ2n) is 8.94. The number of likely N-dealkylation sites (tertiary alicyclic amines) is 1. The fourth-order valence-corrected chi connectivity index (χ4v) is 3.84. The number of hydrogen-bond acceptors (Lipinski definition) is 3. The summed E-state index contributed by atoms with van der Waals surface area (Å²) in [7, 11) is 0. The molecule has 1 unspecified atom stereocenters. The number of carbonyl (C=O) groups excluding carboxylic acids is 3. The van der Waals surface area contributed by atoms with Crippen molar-refractivity contribution in [2.45, 2.75) is 46.0 Å². The molecule has 1 saturated heterocycles. The van der Waals surface area contributed by atoms with Crippen LogP contribution in [0.3, 0.4) is 0 Å². The van der Waals surface area contributed by atoms with Crippen LogP contribution in [0.2, 0.25) is 0 Å². The number of hydrogen-bond donors (Lipinski definition) is 2. The zero-order chi connectivity index (χ0) is 24.9. The van der Waals surface area contributed by atoms with Gasteiger partial charge in [-0.05, 0) is 41.3 Å². The van der Waals surface area contributed by atoms with Gasteiger partial charge in [-0.2, -0.15) is 13.2 Å². The Kier molecular flexibility index (Phi) is 7.96. The zero-order valence-electron chi connectivity index (χ0n) is 19.1. The van der Waals surface area contributed by atoms with E-state index < -0.39 is 17.7 Å². The average Bonchev–Trinajstić information content (AvgIpc) is 3.11. The van der Waals surface area contributed by atoms with Crippen LogP contribution >= 0.6 is 0 Å². The van der Waals surface area contributed by atoms with Crippen LogP contribution in [0.1, 0.15) is 43.4 Å². The zero-order valence-corrected chi connectivity index (χ0v) is 19.1. The monoisotopic (exact) mass is 475 g/mol. The molecule has 3 rings (SSSR count). The summed E-state index contributed by atoms with van der Waals surface area (Å²) in [4.78, 5) is 38.3. The molecule has 1 atom stereocenters. The number of carbonyl (C=O) groups is 3. The molecule has 9 heteroatoms. The summed E-state index contributed by atoms with van der Waals surface area (Å²) in [5.41, 5.74) is 1.02. The molecule has 2 aromatic carbocycles. The van der Waals surface area contributed by atoms with Gasteiger partial charge in [-0.15, -0.1) is 0 Å². The number of halogens is 3. The number of rotatable bonds is 8. The Morgan fingerprint density at radius 2 is 1.79 bits per heavy atom. The maximum absolute atomic E-state index is 12.9. The van der Waals surface area contributed by atoms with Gasteiger partial charge in [0.15, 0.2) is 0 Å². The predicted octanol–water partition coefficient (Wildman–Crippen LogP) is 4.35. The average molecular weight is 476 g/mol. The molecule has 1 aliphatic rings. The van der Waals surface area contributed by atoms with E-state index >= 15 is 0 Å². The van der Waals surface area contributed by atoms with Crippen molar-refractivity contribution in [2.75, 3.05) is 11.9 Å². The van der Waals surface area contributed by atoms with Gasteiger partial charge in [0.25, 0.3) is 0 Å². The van der Waals surface area contributed by atoms with E-state index in [4.69, 9.17) is 0 Å². The third-order valence-electron chi connectivity index (χ3n) is 5.48. The summed E-state index contributed by atoms with van der Waals surface area (Å²) in [5.74, 6) is -0.986. The van der Waals surface area contributed by atoms with E-state index in [1.807, 2.05) is 19.9 Å². The third kappa shape index (κ3) is 7.07. The summed E-state index contributed by atoms with van der Waals surface area (Å²) >= 11 is 0. The van der Waals surface area contributed by atoms with Crippen molar-refractivity contribution in [3.8, 4) is 0 Å². The van der Waals surface area contributed by atoms with Crippen molar-refractivity contribution in [3.63, 3.8) is 0 Å². The lowest BCUT2D eigenvalue weighted by Gasteiger charge is -2.18. The van der Waals surface area contributed by atoms with Crippen molar-refractivity contribution >= 4 is 23.4 Å². The summed E-state index contributed by atoms with van der Waals surface area (Å²) in [6, 6.07) is 12.0. The highest BCUT2D eigenvalue weighted by Gasteiger charge is 2.35. The molecule has 1 heterocycles. The Hall–Kier alpha value is -3.36. The minimum atomic E-state index is -4.46. The Bertz CT molecular complexity index is 1050. The van der Waals surface area contributed by atoms with Crippen LogP contribution in [0.25, 0.3) is 0 Å². The minimum absolute atomic E-state index is 0.0100. The van der Waals surface area contributed by atoms with Gasteiger partial charge in [-0.1, -0.05) is 38.1 Å². The first kappa shape index (κ1) is 25.3. The fraction of sp³-hybridized carbons (Fsp3) is 0.400. The lowest BCUT2D eigenvalue weighted by atomic mass is 10.1. The van der Waals surface area contributed by atoms with E-state index in [1.54, 1.807) is 18.2 Å². The van der Waals surface area contributed by atoms with E-state index in [2.05, 4.69) is 10.6 Å². The predicted molar refractivity (Wildman–Crippen MR) is 121 cm³/mol. The normalized spacial score (nSPS) is 16.1. The van der Waals surface area contributed by atoms with Crippen LogP contribution in [0.5, 0.6) is 0 Å². The van der Waals surface area contributed by atoms with Gasteiger partial charge >= 0.3 is 6.18 Å². The van der Waals surface area contributed by atoms with Crippen LogP contribution in [0.4, 0.5) is 18.9 Å². The molecule has 0 spiro atoms. The molecule has 0 radical (unpaired) electrons. The molecule has 2 N–H and O–H groups in total. The van der Waals surface area contributed by atoms with Crippen molar-refractivity contribution < 1.29 is 27.6 Å². The van der Waals surface area contributed by atoms with Gasteiger partial charge in [0.05, 0.1) is 11.5 Å². The van der Waals surface area contributed by atoms with Gasteiger partial charge < -0.3 is 15.5 Å². The smallest absolute Gasteiger partial charge is 0.352 e. The topological polar surface area (TPSA) is 78.5 Å². The number of nitrogens with one attached hydrogen (secondary N) is 2. The van der Waals surface area contributed by atoms with Crippen molar-refractivity contribution in [1.82, 2.24) is 10.2 Å². The number of benzene rings is 2. The molecule has 182 valence electrons. The van der Waals surface area contributed by atoms with Crippen molar-refractivity contribution in [2.24, 2.45) is 11.8 Å². The van der Waals surface area contributed by atoms with Gasteiger partial charge in [0, 0.05) is 38.2 Å². The lowest BCUT2D eigenvalue weighted by molar-refractivity contribution is -0.137. The maximum atomic E-state index is 12.9. The van der Waals surface area contributed by atoms with Crippen LogP contribution in [0, 0.1) is 11.8 Å². The first-order valence-electron chi connectivity index (χ1n) is 11.1. The summed E-state index contributed by atoms with van der Waals surface area (Å²) in [6.07, 6.45) is -4.04. The Morgan fingerprint density at radius 1 is 1.09 bits per heavy atom. The minimum Gasteiger partial charge on any atom is -0.352 e. The molecule has 0 aliphatic carbocycles. The Labute approximate surface area is 196 Å². The standard InChI is InChI=1S/C25H28F3N3O3/c1-16(2)9-22(32)30-21-8-4-5-17(11-21)13-29-24(34)19-12-23(33)31(15-19)14-18-6-3-7-20(10-18)25(26,27)28/h3-8,10-11,16,19H,9,12-15H2,1-2H3,(H,29,34)(H,30,32). The van der Waals surface area contributed by atoms with E-state index in [0.29, 0.717) is 17.7 Å². The second kappa shape index (κ2) is 10.7. The van der Waals surface area contributed by atoms with Gasteiger partial charge in [0.1, 0.15) is 0 Å². The first-order chi connectivity index (χ1) is 16.0. The van der Waals surface area contributed by atoms with Crippen molar-refractivity contribution in [3.05, 3.63) is 65.2 Å². The quantitative estimate of drug-likeness (QED) is 0.596. The number of anilines is 1. The molecule has 1 aliphatic heterocycles. The highest BCUT2D eigenvalue weighted by atomic mass is 19.4. The fourth-order valence-electron chi connectivity index (χ4n) is 3.84. The largest absolute Gasteiger partial charge is 0.416 e. The first-order valence-corrected chi connectivity index (χ1v) is 11.1. The molecule has 3 amide bonds. The molecule has 2 aromatic rings. The molecule has 0 aromatic heterocycles. The summed E-state index contributed by atoms with van der Waals surface area (Å²) in [5, 5.41) is 5.64. The van der Waals surface area contributed by atoms with Gasteiger partial charge in [-0.25, -0.2) is 0 Å². The number of amides is 3. The summed E-state index contributed by atoms with van der Waals surface area (Å²) < 4.78 is 38.8. The van der Waals surface area contributed by atoms with Crippen molar-refractivity contribution in [1.29, 1.82) is 0 Å². The molecule has 6 nitrogen and oxygen atoms in total. The van der Waals surface area contributed by atoms with Crippen LogP contribution in [0.15, 0.2) is 48.5 Å². The Morgan fingerprint density at radius 3 is 2.50 bits per heavy atom. The second-order valence-corrected chi connectivity index (χ2v) is 8.94. The number of alkyl halides is 3. The van der Waals surface area contributed by atoms with Crippen LogP contribution < -0.4 is 10.6 Å². The molecule has 0 saturated carbocycles. The SMILES string of the molecule is CC(C)CC(=O)Nc1cccc(CNC(=O)C2CC(=O)N(Cc3cccc(C(F)(F)F)c3)C2)c1. The summed E-state index contributed by atoms with van der Waals surface area (Å²) in [6.45, 7) is 4.31. The molecular weight excluding hydrogens is 447 g/mol. The third-order valence-corrected chi connectivity index (χ3v) is 5.48. The lowest BCUT2D eigenvalue weighted by Crippen LogP contribution is -2.32. The highest BCUT2D eigenvalue weighted by molar-refractivity contribution is 5.91. The Balaban J connectivity index is 1.53. The van der Waals surface area contributed by atoms with E-state index in [1.165, 1.54) is 17.0 Å². The molecule has 1 fully saturated rings. The van der Waals surface area contributed by atoms with Gasteiger partial charge in [-0.3, -0.25) is 14.4 Å². The highest BCUT2D eigenvalue weighted by Crippen LogP contribution is 2.30. The van der Waals surface area contributed by atoms with Crippen LogP contribution in [-0.4, -0.2) is 29.2 Å². The van der Waals surface area contributed by atoms with E-state index in [9.17, 15) is 27.6 Å². The molecule has 34 heavy (non-hydrogen) atoms. The van der Waals surface area contributed by atoms with E-state index in [-0.39, 0.29) is 49.7 Å². The number of nitrogens with zero attached hydrogens (tertiary/aromatic N) is 1. The van der Waals surface area contributed by atoms with Crippen LogP contribution in [-0.2, 0) is 33.6 Å². The van der Waals surface area contributed by atoms with E-state index in [0.717, 1.165) is 17.7 Å². The maximum Gasteiger partial charge on any atom is 0.416 e. The molecule has 0 bridgehead atoms. The molecular formula is C25H28F3N3O3.